The summed E-state index contributed by atoms with van der Waals surface area (Å²) in [6.07, 6.45) is 0. The first-order valence-electron chi connectivity index (χ1n) is 6.64. The number of carbonyl (C=O) groups is 1. The van der Waals surface area contributed by atoms with Crippen LogP contribution in [-0.2, 0) is 0 Å². The van der Waals surface area contributed by atoms with Crippen LogP contribution in [0, 0.1) is 6.92 Å². The van der Waals surface area contributed by atoms with Crippen LogP contribution in [0.15, 0.2) is 42.5 Å². The number of anilines is 1. The third-order valence-corrected chi connectivity index (χ3v) is 3.57. The van der Waals surface area contributed by atoms with Crippen LogP contribution in [0.2, 0.25) is 5.02 Å². The van der Waals surface area contributed by atoms with Crippen molar-refractivity contribution in [3.8, 4) is 0 Å². The predicted molar refractivity (Wildman–Crippen MR) is 86.3 cm³/mol. The van der Waals surface area contributed by atoms with Gasteiger partial charge in [0.05, 0.1) is 6.04 Å². The van der Waals surface area contributed by atoms with Crippen molar-refractivity contribution in [2.75, 3.05) is 12.3 Å². The maximum absolute atomic E-state index is 12.3. The second-order valence-corrected chi connectivity index (χ2v) is 5.32. The summed E-state index contributed by atoms with van der Waals surface area (Å²) in [5.41, 5.74) is 14.5. The molecule has 0 saturated heterocycles. The van der Waals surface area contributed by atoms with Crippen molar-refractivity contribution in [3.63, 3.8) is 0 Å². The minimum atomic E-state index is -0.293. The lowest BCUT2D eigenvalue weighted by atomic mass is 10.1. The first-order valence-corrected chi connectivity index (χ1v) is 7.01. The van der Waals surface area contributed by atoms with E-state index in [9.17, 15) is 4.79 Å². The highest BCUT2D eigenvalue weighted by Gasteiger charge is 2.15. The zero-order chi connectivity index (χ0) is 15.4. The molecule has 21 heavy (non-hydrogen) atoms. The smallest absolute Gasteiger partial charge is 0.251 e. The Morgan fingerprint density at radius 2 is 2.05 bits per heavy atom. The van der Waals surface area contributed by atoms with Gasteiger partial charge in [-0.05, 0) is 42.3 Å². The molecular weight excluding hydrogens is 286 g/mol. The average Bonchev–Trinajstić information content (AvgIpc) is 2.47. The number of aryl methyl sites for hydroxylation is 1. The zero-order valence-electron chi connectivity index (χ0n) is 11.8. The lowest BCUT2D eigenvalue weighted by Gasteiger charge is -2.18. The Morgan fingerprint density at radius 3 is 2.67 bits per heavy atom. The van der Waals surface area contributed by atoms with Crippen molar-refractivity contribution in [1.29, 1.82) is 0 Å². The monoisotopic (exact) mass is 303 g/mol. The molecular formula is C16H18ClN3O. The number of nitrogens with one attached hydrogen (secondary N) is 1. The molecule has 1 amide bonds. The van der Waals surface area contributed by atoms with E-state index < -0.39 is 0 Å². The summed E-state index contributed by atoms with van der Waals surface area (Å²) in [5.74, 6) is -0.211. The van der Waals surface area contributed by atoms with Gasteiger partial charge in [0.1, 0.15) is 0 Å². The number of benzene rings is 2. The van der Waals surface area contributed by atoms with E-state index in [0.717, 1.165) is 11.1 Å². The molecule has 2 rings (SSSR count). The fourth-order valence-electron chi connectivity index (χ4n) is 2.02. The van der Waals surface area contributed by atoms with Crippen LogP contribution in [0.25, 0.3) is 0 Å². The predicted octanol–water partition coefficient (Wildman–Crippen LogP) is 2.66. The molecule has 0 aliphatic heterocycles. The highest BCUT2D eigenvalue weighted by Crippen LogP contribution is 2.18. The van der Waals surface area contributed by atoms with Gasteiger partial charge < -0.3 is 16.8 Å². The zero-order valence-corrected chi connectivity index (χ0v) is 12.5. The molecule has 1 atom stereocenters. The van der Waals surface area contributed by atoms with Gasteiger partial charge in [0.25, 0.3) is 5.91 Å². The van der Waals surface area contributed by atoms with E-state index in [4.69, 9.17) is 23.1 Å². The van der Waals surface area contributed by atoms with Gasteiger partial charge in [0.15, 0.2) is 0 Å². The molecule has 0 aliphatic rings. The number of carbonyl (C=O) groups excluding carboxylic acids is 1. The van der Waals surface area contributed by atoms with E-state index in [2.05, 4.69) is 5.32 Å². The summed E-state index contributed by atoms with van der Waals surface area (Å²) in [6, 6.07) is 12.2. The molecule has 0 fully saturated rings. The minimum Gasteiger partial charge on any atom is -0.398 e. The van der Waals surface area contributed by atoms with Crippen molar-refractivity contribution >= 4 is 23.2 Å². The maximum atomic E-state index is 12.3. The summed E-state index contributed by atoms with van der Waals surface area (Å²) in [6.45, 7) is 2.18. The Kier molecular flexibility index (Phi) is 4.83. The lowest BCUT2D eigenvalue weighted by molar-refractivity contribution is 0.0938. The fraction of sp³-hybridized carbons (Fsp3) is 0.188. The number of hydrogen-bond donors (Lipinski definition) is 3. The standard InChI is InChI=1S/C16H18ClN3O/c1-10-5-6-12(8-14(10)19)16(21)20-15(9-18)11-3-2-4-13(17)7-11/h2-8,15H,9,18-19H2,1H3,(H,20,21). The van der Waals surface area contributed by atoms with Gasteiger partial charge in [-0.1, -0.05) is 29.8 Å². The second kappa shape index (κ2) is 6.61. The molecule has 0 bridgehead atoms. The Labute approximate surface area is 129 Å². The molecule has 1 unspecified atom stereocenters. The van der Waals surface area contributed by atoms with Gasteiger partial charge in [-0.25, -0.2) is 0 Å². The molecule has 0 heterocycles. The van der Waals surface area contributed by atoms with E-state index >= 15 is 0 Å². The summed E-state index contributed by atoms with van der Waals surface area (Å²) in [5, 5.41) is 3.51. The van der Waals surface area contributed by atoms with E-state index in [1.165, 1.54) is 0 Å². The SMILES string of the molecule is Cc1ccc(C(=O)NC(CN)c2cccc(Cl)c2)cc1N. The summed E-state index contributed by atoms with van der Waals surface area (Å²) < 4.78 is 0. The van der Waals surface area contributed by atoms with Gasteiger partial charge in [-0.3, -0.25) is 4.79 Å². The number of halogens is 1. The topological polar surface area (TPSA) is 81.1 Å². The molecule has 4 nitrogen and oxygen atoms in total. The van der Waals surface area contributed by atoms with Crippen molar-refractivity contribution < 1.29 is 4.79 Å². The molecule has 0 radical (unpaired) electrons. The minimum absolute atomic E-state index is 0.211. The first-order chi connectivity index (χ1) is 10.0. The van der Waals surface area contributed by atoms with Crippen LogP contribution in [-0.4, -0.2) is 12.5 Å². The number of nitrogen functional groups attached to an aromatic ring is 1. The average molecular weight is 304 g/mol. The van der Waals surface area contributed by atoms with Crippen LogP contribution < -0.4 is 16.8 Å². The molecule has 5 N–H and O–H groups in total. The van der Waals surface area contributed by atoms with Gasteiger partial charge in [-0.15, -0.1) is 0 Å². The molecule has 2 aromatic carbocycles. The molecule has 2 aromatic rings. The number of nitrogens with two attached hydrogens (primary N) is 2. The Balaban J connectivity index is 2.18. The van der Waals surface area contributed by atoms with E-state index in [1.807, 2.05) is 25.1 Å². The van der Waals surface area contributed by atoms with Crippen molar-refractivity contribution in [2.45, 2.75) is 13.0 Å². The number of amides is 1. The maximum Gasteiger partial charge on any atom is 0.251 e. The van der Waals surface area contributed by atoms with Gasteiger partial charge in [-0.2, -0.15) is 0 Å². The van der Waals surface area contributed by atoms with E-state index in [0.29, 0.717) is 16.3 Å². The van der Waals surface area contributed by atoms with Gasteiger partial charge in [0.2, 0.25) is 0 Å². The highest BCUT2D eigenvalue weighted by atomic mass is 35.5. The molecule has 0 aromatic heterocycles. The molecule has 0 spiro atoms. The molecule has 0 aliphatic carbocycles. The van der Waals surface area contributed by atoms with Crippen LogP contribution in [0.3, 0.4) is 0 Å². The first kappa shape index (κ1) is 15.4. The number of rotatable bonds is 4. The summed E-state index contributed by atoms with van der Waals surface area (Å²) >= 11 is 5.97. The lowest BCUT2D eigenvalue weighted by Crippen LogP contribution is -2.33. The summed E-state index contributed by atoms with van der Waals surface area (Å²) in [4.78, 5) is 12.3. The number of hydrogen-bond acceptors (Lipinski definition) is 3. The Hall–Kier alpha value is -2.04. The van der Waals surface area contributed by atoms with Crippen LogP contribution in [0.4, 0.5) is 5.69 Å². The molecule has 0 saturated carbocycles. The van der Waals surface area contributed by atoms with Gasteiger partial charge in [0, 0.05) is 22.8 Å². The summed E-state index contributed by atoms with van der Waals surface area (Å²) in [7, 11) is 0. The van der Waals surface area contributed by atoms with E-state index in [-0.39, 0.29) is 18.5 Å². The fourth-order valence-corrected chi connectivity index (χ4v) is 2.22. The van der Waals surface area contributed by atoms with Crippen molar-refractivity contribution in [2.24, 2.45) is 5.73 Å². The van der Waals surface area contributed by atoms with Crippen LogP contribution in [0.1, 0.15) is 27.5 Å². The van der Waals surface area contributed by atoms with Crippen molar-refractivity contribution in [3.05, 3.63) is 64.2 Å². The Bertz CT molecular complexity index is 658. The van der Waals surface area contributed by atoms with E-state index in [1.54, 1.807) is 24.3 Å². The highest BCUT2D eigenvalue weighted by molar-refractivity contribution is 6.30. The third-order valence-electron chi connectivity index (χ3n) is 3.33. The van der Waals surface area contributed by atoms with Crippen molar-refractivity contribution in [1.82, 2.24) is 5.32 Å². The largest absolute Gasteiger partial charge is 0.398 e. The van der Waals surface area contributed by atoms with Crippen LogP contribution in [0.5, 0.6) is 0 Å². The second-order valence-electron chi connectivity index (χ2n) is 4.89. The Morgan fingerprint density at radius 1 is 1.29 bits per heavy atom. The van der Waals surface area contributed by atoms with Crippen LogP contribution >= 0.6 is 11.6 Å². The third kappa shape index (κ3) is 3.74. The molecule has 110 valence electrons. The molecule has 5 heteroatoms. The quantitative estimate of drug-likeness (QED) is 0.760. The van der Waals surface area contributed by atoms with Gasteiger partial charge >= 0.3 is 0 Å². The normalized spacial score (nSPS) is 12.0.